The summed E-state index contributed by atoms with van der Waals surface area (Å²) in [5.41, 5.74) is 1.04. The highest BCUT2D eigenvalue weighted by Gasteiger charge is 2.39. The van der Waals surface area contributed by atoms with E-state index in [2.05, 4.69) is 11.8 Å². The number of hydrogen-bond acceptors (Lipinski definition) is 4. The van der Waals surface area contributed by atoms with Gasteiger partial charge in [-0.15, -0.1) is 0 Å². The van der Waals surface area contributed by atoms with Gasteiger partial charge >= 0.3 is 0 Å². The first kappa shape index (κ1) is 21.1. The first-order valence-electron chi connectivity index (χ1n) is 9.99. The topological polar surface area (TPSA) is 41.9 Å². The fourth-order valence-corrected chi connectivity index (χ4v) is 4.18. The first-order chi connectivity index (χ1) is 13.6. The molecule has 5 heteroatoms. The van der Waals surface area contributed by atoms with E-state index in [4.69, 9.17) is 21.1 Å². The van der Waals surface area contributed by atoms with Gasteiger partial charge in [0.25, 0.3) is 0 Å². The average molecular weight is 404 g/mol. The summed E-state index contributed by atoms with van der Waals surface area (Å²) < 4.78 is 10.8. The summed E-state index contributed by atoms with van der Waals surface area (Å²) in [4.78, 5) is 2.38. The molecule has 0 saturated carbocycles. The zero-order chi connectivity index (χ0) is 20.0. The minimum Gasteiger partial charge on any atom is -0.497 e. The van der Waals surface area contributed by atoms with E-state index in [9.17, 15) is 5.11 Å². The molecule has 2 aromatic carbocycles. The first-order valence-corrected chi connectivity index (χ1v) is 10.4. The fraction of sp³-hybridized carbons (Fsp3) is 0.478. The minimum atomic E-state index is -0.979. The van der Waals surface area contributed by atoms with Gasteiger partial charge in [0.1, 0.15) is 5.75 Å². The summed E-state index contributed by atoms with van der Waals surface area (Å²) in [5, 5.41) is 12.7. The van der Waals surface area contributed by atoms with Crippen LogP contribution in [0.25, 0.3) is 0 Å². The Morgan fingerprint density at radius 2 is 1.75 bits per heavy atom. The predicted molar refractivity (Wildman–Crippen MR) is 113 cm³/mol. The predicted octanol–water partition coefficient (Wildman–Crippen LogP) is 4.45. The van der Waals surface area contributed by atoms with Crippen LogP contribution in [-0.4, -0.2) is 50.0 Å². The molecule has 1 saturated heterocycles. The molecule has 3 rings (SSSR count). The Bertz CT molecular complexity index is 729. The summed E-state index contributed by atoms with van der Waals surface area (Å²) in [6.07, 6.45) is 1.56. The van der Waals surface area contributed by atoms with Crippen molar-refractivity contribution >= 4 is 11.6 Å². The molecule has 1 aliphatic heterocycles. The van der Waals surface area contributed by atoms with Gasteiger partial charge in [-0.25, -0.2) is 0 Å². The Hall–Kier alpha value is -1.59. The maximum absolute atomic E-state index is 12.0. The lowest BCUT2D eigenvalue weighted by Gasteiger charge is -2.41. The maximum atomic E-state index is 12.0. The quantitative estimate of drug-likeness (QED) is 0.706. The number of benzene rings is 2. The molecule has 0 radical (unpaired) electrons. The zero-order valence-corrected chi connectivity index (χ0v) is 17.5. The van der Waals surface area contributed by atoms with Gasteiger partial charge in [0.2, 0.25) is 0 Å². The highest BCUT2D eigenvalue weighted by molar-refractivity contribution is 6.30. The highest BCUT2D eigenvalue weighted by Crippen LogP contribution is 2.42. The van der Waals surface area contributed by atoms with Crippen molar-refractivity contribution in [2.45, 2.75) is 31.3 Å². The van der Waals surface area contributed by atoms with Crippen LogP contribution < -0.4 is 4.74 Å². The average Bonchev–Trinajstić information content (AvgIpc) is 2.74. The summed E-state index contributed by atoms with van der Waals surface area (Å²) in [6, 6.07) is 15.7. The Labute approximate surface area is 173 Å². The van der Waals surface area contributed by atoms with Gasteiger partial charge in [-0.2, -0.15) is 0 Å². The number of methoxy groups -OCH3 is 1. The Balaban J connectivity index is 2.00. The van der Waals surface area contributed by atoms with Crippen LogP contribution in [0, 0.1) is 0 Å². The number of nitrogens with zero attached hydrogens (tertiary/aromatic N) is 1. The Kier molecular flexibility index (Phi) is 7.36. The molecule has 28 heavy (non-hydrogen) atoms. The molecule has 1 fully saturated rings. The third-order valence-electron chi connectivity index (χ3n) is 5.61. The van der Waals surface area contributed by atoms with Crippen LogP contribution in [0.2, 0.25) is 5.02 Å². The summed E-state index contributed by atoms with van der Waals surface area (Å²) >= 11 is 6.13. The van der Waals surface area contributed by atoms with Gasteiger partial charge in [-0.1, -0.05) is 49.2 Å². The van der Waals surface area contributed by atoms with E-state index in [1.165, 1.54) is 0 Å². The van der Waals surface area contributed by atoms with Crippen molar-refractivity contribution in [1.82, 2.24) is 4.90 Å². The summed E-state index contributed by atoms with van der Waals surface area (Å²) in [6.45, 7) is 6.13. The monoisotopic (exact) mass is 403 g/mol. The van der Waals surface area contributed by atoms with Crippen LogP contribution in [0.1, 0.15) is 36.8 Å². The second-order valence-corrected chi connectivity index (χ2v) is 7.86. The number of hydrogen-bond donors (Lipinski definition) is 1. The van der Waals surface area contributed by atoms with E-state index in [0.717, 1.165) is 56.1 Å². The fourth-order valence-electron chi connectivity index (χ4n) is 4.05. The van der Waals surface area contributed by atoms with Crippen LogP contribution in [0.15, 0.2) is 48.5 Å². The summed E-state index contributed by atoms with van der Waals surface area (Å²) in [5.74, 6) is 0.718. The van der Waals surface area contributed by atoms with Crippen LogP contribution in [-0.2, 0) is 10.3 Å². The van der Waals surface area contributed by atoms with Crippen LogP contribution in [0.3, 0.4) is 0 Å². The van der Waals surface area contributed by atoms with Crippen molar-refractivity contribution in [3.8, 4) is 5.75 Å². The summed E-state index contributed by atoms with van der Waals surface area (Å²) in [7, 11) is 1.65. The van der Waals surface area contributed by atoms with Gasteiger partial charge in [0.05, 0.1) is 25.9 Å². The van der Waals surface area contributed by atoms with Crippen LogP contribution >= 0.6 is 11.6 Å². The molecule has 0 spiro atoms. The third-order valence-corrected chi connectivity index (χ3v) is 5.87. The Morgan fingerprint density at radius 3 is 2.32 bits per heavy atom. The van der Waals surface area contributed by atoms with Crippen molar-refractivity contribution in [1.29, 1.82) is 0 Å². The molecule has 0 unspecified atom stereocenters. The largest absolute Gasteiger partial charge is 0.497 e. The standard InChI is InChI=1S/C23H30ClNO3/c1-3-12-23(26,19-6-10-21(27-2)11-7-19)22(17-25-13-15-28-16-14-25)18-4-8-20(24)9-5-18/h4-11,22,26H,3,12-17H2,1-2H3/t22-,23-/m1/s1. The lowest BCUT2D eigenvalue weighted by Crippen LogP contribution is -2.45. The van der Waals surface area contributed by atoms with Crippen molar-refractivity contribution in [2.75, 3.05) is 40.0 Å². The lowest BCUT2D eigenvalue weighted by molar-refractivity contribution is -0.0285. The van der Waals surface area contributed by atoms with Gasteiger partial charge in [-0.3, -0.25) is 4.90 Å². The number of aliphatic hydroxyl groups is 1. The van der Waals surface area contributed by atoms with Gasteiger partial charge in [0.15, 0.2) is 0 Å². The molecular formula is C23H30ClNO3. The van der Waals surface area contributed by atoms with E-state index >= 15 is 0 Å². The molecule has 1 aliphatic rings. The molecule has 0 amide bonds. The number of ether oxygens (including phenoxy) is 2. The van der Waals surface area contributed by atoms with Crippen molar-refractivity contribution in [3.05, 3.63) is 64.7 Å². The molecular weight excluding hydrogens is 374 g/mol. The van der Waals surface area contributed by atoms with Crippen LogP contribution in [0.5, 0.6) is 5.75 Å². The minimum absolute atomic E-state index is 0.0730. The van der Waals surface area contributed by atoms with E-state index in [0.29, 0.717) is 11.4 Å². The number of rotatable bonds is 8. The van der Waals surface area contributed by atoms with Crippen molar-refractivity contribution < 1.29 is 14.6 Å². The third kappa shape index (κ3) is 4.87. The van der Waals surface area contributed by atoms with Crippen molar-refractivity contribution in [3.63, 3.8) is 0 Å². The second-order valence-electron chi connectivity index (χ2n) is 7.42. The van der Waals surface area contributed by atoms with E-state index in [1.807, 2.05) is 48.5 Å². The zero-order valence-electron chi connectivity index (χ0n) is 16.7. The highest BCUT2D eigenvalue weighted by atomic mass is 35.5. The normalized spacial score (nSPS) is 18.4. The maximum Gasteiger partial charge on any atom is 0.118 e. The molecule has 152 valence electrons. The second kappa shape index (κ2) is 9.75. The smallest absolute Gasteiger partial charge is 0.118 e. The van der Waals surface area contributed by atoms with E-state index in [1.54, 1.807) is 7.11 Å². The molecule has 0 aromatic heterocycles. The Morgan fingerprint density at radius 1 is 1.11 bits per heavy atom. The molecule has 0 aliphatic carbocycles. The molecule has 0 bridgehead atoms. The van der Waals surface area contributed by atoms with Gasteiger partial charge < -0.3 is 14.6 Å². The van der Waals surface area contributed by atoms with E-state index in [-0.39, 0.29) is 5.92 Å². The van der Waals surface area contributed by atoms with Crippen molar-refractivity contribution in [2.24, 2.45) is 0 Å². The van der Waals surface area contributed by atoms with Gasteiger partial charge in [0, 0.05) is 30.6 Å². The molecule has 4 nitrogen and oxygen atoms in total. The van der Waals surface area contributed by atoms with Gasteiger partial charge in [-0.05, 0) is 41.8 Å². The van der Waals surface area contributed by atoms with Crippen LogP contribution in [0.4, 0.5) is 0 Å². The van der Waals surface area contributed by atoms with E-state index < -0.39 is 5.60 Å². The number of halogens is 1. The number of morpholine rings is 1. The lowest BCUT2D eigenvalue weighted by atomic mass is 9.74. The molecule has 1 N–H and O–H groups in total. The molecule has 2 atom stereocenters. The molecule has 1 heterocycles. The SMILES string of the molecule is CCC[C@@](O)(c1ccc(OC)cc1)[C@H](CN1CCOCC1)c1ccc(Cl)cc1. The molecule has 2 aromatic rings.